The molecule has 0 N–H and O–H groups in total. The second-order valence-electron chi connectivity index (χ2n) is 5.16. The molecule has 0 radical (unpaired) electrons. The highest BCUT2D eigenvalue weighted by atomic mass is 32.2. The van der Waals surface area contributed by atoms with Gasteiger partial charge in [-0.25, -0.2) is 9.13 Å². The molecule has 21 heavy (non-hydrogen) atoms. The quantitative estimate of drug-likeness (QED) is 0.419. The molecule has 0 fully saturated rings. The minimum atomic E-state index is 1.10. The zero-order chi connectivity index (χ0) is 14.9. The molecule has 0 saturated heterocycles. The van der Waals surface area contributed by atoms with Crippen LogP contribution in [0.15, 0.2) is 49.1 Å². The smallest absolute Gasteiger partial charge is 0.169 e. The van der Waals surface area contributed by atoms with E-state index in [4.69, 9.17) is 0 Å². The van der Waals surface area contributed by atoms with Crippen molar-refractivity contribution in [2.45, 2.75) is 26.9 Å². The van der Waals surface area contributed by atoms with Crippen LogP contribution in [0.4, 0.5) is 0 Å². The first-order valence-corrected chi connectivity index (χ1v) is 9.62. The maximum absolute atomic E-state index is 2.26. The number of pyridine rings is 2. The van der Waals surface area contributed by atoms with Crippen molar-refractivity contribution in [3.8, 4) is 0 Å². The van der Waals surface area contributed by atoms with Crippen LogP contribution in [0.1, 0.15) is 11.1 Å². The van der Waals surface area contributed by atoms with Gasteiger partial charge in [-0.1, -0.05) is 0 Å². The summed E-state index contributed by atoms with van der Waals surface area (Å²) in [6, 6.07) is 8.66. The van der Waals surface area contributed by atoms with Crippen LogP contribution in [0.2, 0.25) is 0 Å². The molecular weight excluding hydrogens is 296 g/mol. The third-order valence-corrected chi connectivity index (χ3v) is 5.55. The molecule has 0 unspecified atom stereocenters. The van der Waals surface area contributed by atoms with Crippen molar-refractivity contribution in [1.29, 1.82) is 0 Å². The Balaban J connectivity index is 1.52. The van der Waals surface area contributed by atoms with Gasteiger partial charge in [0.1, 0.15) is 0 Å². The van der Waals surface area contributed by atoms with E-state index in [0.29, 0.717) is 0 Å². The molecule has 2 aromatic heterocycles. The van der Waals surface area contributed by atoms with E-state index in [1.165, 1.54) is 27.7 Å². The summed E-state index contributed by atoms with van der Waals surface area (Å²) in [7, 11) is 0. The first kappa shape index (κ1) is 16.4. The lowest BCUT2D eigenvalue weighted by molar-refractivity contribution is -0.692. The van der Waals surface area contributed by atoms with E-state index < -0.39 is 0 Å². The van der Waals surface area contributed by atoms with E-state index in [2.05, 4.69) is 72.0 Å². The van der Waals surface area contributed by atoms with Crippen LogP contribution in [0.25, 0.3) is 0 Å². The largest absolute Gasteiger partial charge is 0.204 e. The average Bonchev–Trinajstić information content (AvgIpc) is 2.50. The normalized spacial score (nSPS) is 10.8. The summed E-state index contributed by atoms with van der Waals surface area (Å²) < 4.78 is 4.51. The Labute approximate surface area is 136 Å². The molecule has 0 saturated carbocycles. The van der Waals surface area contributed by atoms with Gasteiger partial charge in [0.15, 0.2) is 37.9 Å². The Morgan fingerprint density at radius 2 is 1.10 bits per heavy atom. The summed E-state index contributed by atoms with van der Waals surface area (Å²) >= 11 is 4.05. The van der Waals surface area contributed by atoms with E-state index in [9.17, 15) is 0 Å². The summed E-state index contributed by atoms with van der Waals surface area (Å²) in [5.74, 6) is 2.36. The van der Waals surface area contributed by atoms with Crippen molar-refractivity contribution in [1.82, 2.24) is 0 Å². The fourth-order valence-corrected chi connectivity index (χ4v) is 3.97. The fraction of sp³-hybridized carbons (Fsp3) is 0.412. The predicted molar refractivity (Wildman–Crippen MR) is 92.5 cm³/mol. The van der Waals surface area contributed by atoms with Gasteiger partial charge in [0, 0.05) is 29.4 Å². The van der Waals surface area contributed by atoms with Crippen molar-refractivity contribution in [2.75, 3.05) is 16.6 Å². The SMILES string of the molecule is Cc1cc[n+](CCSCSCC[n+]2ccc(C)cc2)cc1. The molecule has 2 nitrogen and oxygen atoms in total. The van der Waals surface area contributed by atoms with Crippen molar-refractivity contribution in [3.63, 3.8) is 0 Å². The Bertz CT molecular complexity index is 474. The molecule has 2 heterocycles. The third-order valence-electron chi connectivity index (χ3n) is 3.27. The minimum absolute atomic E-state index is 1.10. The summed E-state index contributed by atoms with van der Waals surface area (Å²) in [6.45, 7) is 6.44. The molecule has 0 bridgehead atoms. The first-order chi connectivity index (χ1) is 10.2. The van der Waals surface area contributed by atoms with Gasteiger partial charge < -0.3 is 0 Å². The number of aryl methyl sites for hydroxylation is 4. The highest BCUT2D eigenvalue weighted by Crippen LogP contribution is 2.11. The second kappa shape index (κ2) is 9.11. The molecule has 0 aliphatic carbocycles. The zero-order valence-electron chi connectivity index (χ0n) is 12.9. The van der Waals surface area contributed by atoms with Gasteiger partial charge >= 0.3 is 0 Å². The van der Waals surface area contributed by atoms with Gasteiger partial charge in [-0.15, -0.1) is 23.5 Å². The lowest BCUT2D eigenvalue weighted by atomic mass is 10.3. The Hall–Kier alpha value is -1.00. The number of nitrogens with zero attached hydrogens (tertiary/aromatic N) is 2. The Kier molecular flexibility index (Phi) is 7.10. The molecule has 0 aliphatic rings. The topological polar surface area (TPSA) is 7.76 Å². The third kappa shape index (κ3) is 6.53. The molecule has 0 amide bonds. The van der Waals surface area contributed by atoms with Gasteiger partial charge in [-0.2, -0.15) is 0 Å². The molecule has 4 heteroatoms. The van der Waals surface area contributed by atoms with Gasteiger partial charge in [0.05, 0.1) is 11.5 Å². The van der Waals surface area contributed by atoms with Crippen LogP contribution in [-0.2, 0) is 13.1 Å². The van der Waals surface area contributed by atoms with Crippen molar-refractivity contribution in [3.05, 3.63) is 60.2 Å². The number of aromatic nitrogens is 2. The Morgan fingerprint density at radius 1 is 0.714 bits per heavy atom. The van der Waals surface area contributed by atoms with Crippen molar-refractivity contribution >= 4 is 23.5 Å². The van der Waals surface area contributed by atoms with Gasteiger partial charge in [0.2, 0.25) is 0 Å². The van der Waals surface area contributed by atoms with Gasteiger partial charge in [0.25, 0.3) is 0 Å². The highest BCUT2D eigenvalue weighted by Gasteiger charge is 2.01. The summed E-state index contributed by atoms with van der Waals surface area (Å²) in [5, 5.41) is 1.18. The van der Waals surface area contributed by atoms with E-state index in [1.54, 1.807) is 0 Å². The van der Waals surface area contributed by atoms with Crippen LogP contribution in [0, 0.1) is 13.8 Å². The van der Waals surface area contributed by atoms with Crippen LogP contribution < -0.4 is 9.13 Å². The lowest BCUT2D eigenvalue weighted by Gasteiger charge is -2.00. The van der Waals surface area contributed by atoms with E-state index in [0.717, 1.165) is 13.1 Å². The highest BCUT2D eigenvalue weighted by molar-refractivity contribution is 8.15. The average molecular weight is 321 g/mol. The van der Waals surface area contributed by atoms with Gasteiger partial charge in [-0.05, 0) is 25.0 Å². The molecule has 112 valence electrons. The maximum atomic E-state index is 2.26. The van der Waals surface area contributed by atoms with Crippen LogP contribution >= 0.6 is 23.5 Å². The number of thioether (sulfide) groups is 2. The molecule has 2 rings (SSSR count). The fourth-order valence-electron chi connectivity index (χ4n) is 1.88. The van der Waals surface area contributed by atoms with E-state index in [1.807, 2.05) is 23.5 Å². The van der Waals surface area contributed by atoms with Crippen molar-refractivity contribution < 1.29 is 9.13 Å². The molecular formula is C17H24N2S2+2. The minimum Gasteiger partial charge on any atom is -0.204 e. The predicted octanol–water partition coefficient (Wildman–Crippen LogP) is 3.00. The standard InChI is InChI=1S/C17H24N2S2/c1-16-3-7-18(8-4-16)11-13-20-15-21-14-12-19-9-5-17(2)6-10-19/h3-10H,11-15H2,1-2H3/q+2. The van der Waals surface area contributed by atoms with E-state index >= 15 is 0 Å². The molecule has 0 aromatic carbocycles. The molecule has 0 atom stereocenters. The van der Waals surface area contributed by atoms with Crippen molar-refractivity contribution in [2.24, 2.45) is 0 Å². The Morgan fingerprint density at radius 3 is 1.48 bits per heavy atom. The maximum Gasteiger partial charge on any atom is 0.169 e. The lowest BCUT2D eigenvalue weighted by Crippen LogP contribution is -2.34. The van der Waals surface area contributed by atoms with E-state index in [-0.39, 0.29) is 0 Å². The summed E-state index contributed by atoms with van der Waals surface area (Å²) in [6.07, 6.45) is 8.66. The monoisotopic (exact) mass is 320 g/mol. The number of hydrogen-bond donors (Lipinski definition) is 0. The number of rotatable bonds is 8. The van der Waals surface area contributed by atoms with Crippen LogP contribution in [0.3, 0.4) is 0 Å². The molecule has 0 spiro atoms. The second-order valence-corrected chi connectivity index (χ2v) is 7.74. The van der Waals surface area contributed by atoms with Crippen LogP contribution in [0.5, 0.6) is 0 Å². The van der Waals surface area contributed by atoms with Gasteiger partial charge in [-0.3, -0.25) is 0 Å². The van der Waals surface area contributed by atoms with Crippen LogP contribution in [-0.4, -0.2) is 16.6 Å². The molecule has 2 aromatic rings. The summed E-state index contributed by atoms with van der Waals surface area (Å²) in [4.78, 5) is 0. The molecule has 0 aliphatic heterocycles. The number of hydrogen-bond acceptors (Lipinski definition) is 2. The zero-order valence-corrected chi connectivity index (χ0v) is 14.5. The summed E-state index contributed by atoms with van der Waals surface area (Å²) in [5.41, 5.74) is 2.64. The first-order valence-electron chi connectivity index (χ1n) is 7.31.